The molecule has 4 nitrogen and oxygen atoms in total. The second-order valence-corrected chi connectivity index (χ2v) is 6.12. The van der Waals surface area contributed by atoms with Crippen molar-refractivity contribution in [1.82, 2.24) is 5.32 Å². The summed E-state index contributed by atoms with van der Waals surface area (Å²) in [4.78, 5) is 12.0. The fraction of sp³-hybridized carbons (Fsp3) is 0.278. The Bertz CT molecular complexity index is 705. The first-order valence-corrected chi connectivity index (χ1v) is 8.02. The third-order valence-electron chi connectivity index (χ3n) is 3.28. The molecule has 0 aliphatic rings. The Morgan fingerprint density at radius 1 is 1.12 bits per heavy atom. The van der Waals surface area contributed by atoms with Gasteiger partial charge in [0.25, 0.3) is 0 Å². The second kappa shape index (κ2) is 8.02. The minimum absolute atomic E-state index is 0.0493. The molecule has 2 amide bonds. The highest BCUT2D eigenvalue weighted by Gasteiger charge is 2.12. The number of nitrogens with one attached hydrogen (secondary N) is 2. The fourth-order valence-electron chi connectivity index (χ4n) is 2.13. The van der Waals surface area contributed by atoms with Crippen LogP contribution in [0.4, 0.5) is 14.9 Å². The molecule has 1 atom stereocenters. The van der Waals surface area contributed by atoms with Crippen LogP contribution in [0.3, 0.4) is 0 Å². The van der Waals surface area contributed by atoms with Crippen molar-refractivity contribution in [2.75, 3.05) is 5.32 Å². The van der Waals surface area contributed by atoms with Crippen molar-refractivity contribution in [1.29, 1.82) is 0 Å². The van der Waals surface area contributed by atoms with Crippen LogP contribution in [0.15, 0.2) is 42.5 Å². The molecule has 0 aliphatic carbocycles. The summed E-state index contributed by atoms with van der Waals surface area (Å²) >= 11 is 5.84. The molecule has 2 N–H and O–H groups in total. The first-order valence-electron chi connectivity index (χ1n) is 7.64. The monoisotopic (exact) mass is 350 g/mol. The predicted octanol–water partition coefficient (Wildman–Crippen LogP) is 5.15. The molecule has 2 aromatic rings. The summed E-state index contributed by atoms with van der Waals surface area (Å²) in [5.74, 6) is -0.134. The standard InChI is InChI=1S/C18H20ClFN2O2/c1-11(2)24-15-8-9-17(16(20)10-15)22-18(23)21-12(3)13-4-6-14(19)7-5-13/h4-12H,1-3H3,(H2,21,22,23). The topological polar surface area (TPSA) is 50.4 Å². The van der Waals surface area contributed by atoms with E-state index >= 15 is 0 Å². The lowest BCUT2D eigenvalue weighted by Gasteiger charge is -2.16. The van der Waals surface area contributed by atoms with Gasteiger partial charge in [0.15, 0.2) is 0 Å². The highest BCUT2D eigenvalue weighted by atomic mass is 35.5. The normalized spacial score (nSPS) is 11.9. The van der Waals surface area contributed by atoms with Crippen LogP contribution in [0.5, 0.6) is 5.75 Å². The van der Waals surface area contributed by atoms with Crippen molar-refractivity contribution in [2.24, 2.45) is 0 Å². The van der Waals surface area contributed by atoms with Crippen molar-refractivity contribution in [3.63, 3.8) is 0 Å². The molecular formula is C18H20ClFN2O2. The molecule has 0 saturated carbocycles. The van der Waals surface area contributed by atoms with E-state index in [2.05, 4.69) is 10.6 Å². The lowest BCUT2D eigenvalue weighted by atomic mass is 10.1. The van der Waals surface area contributed by atoms with Gasteiger partial charge in [-0.15, -0.1) is 0 Å². The zero-order valence-electron chi connectivity index (χ0n) is 13.8. The van der Waals surface area contributed by atoms with Gasteiger partial charge < -0.3 is 15.4 Å². The molecule has 24 heavy (non-hydrogen) atoms. The second-order valence-electron chi connectivity index (χ2n) is 5.68. The van der Waals surface area contributed by atoms with E-state index in [-0.39, 0.29) is 17.8 Å². The maximum atomic E-state index is 14.0. The number of halogens is 2. The van der Waals surface area contributed by atoms with E-state index in [4.69, 9.17) is 16.3 Å². The smallest absolute Gasteiger partial charge is 0.319 e. The van der Waals surface area contributed by atoms with Crippen molar-refractivity contribution >= 4 is 23.3 Å². The van der Waals surface area contributed by atoms with Crippen LogP contribution in [0.25, 0.3) is 0 Å². The van der Waals surface area contributed by atoms with Gasteiger partial charge in [0.2, 0.25) is 0 Å². The molecule has 0 fully saturated rings. The Kier molecular flexibility index (Phi) is 6.04. The molecule has 0 bridgehead atoms. The molecule has 2 aromatic carbocycles. The summed E-state index contributed by atoms with van der Waals surface area (Å²) < 4.78 is 19.4. The molecule has 0 saturated heterocycles. The number of anilines is 1. The van der Waals surface area contributed by atoms with E-state index in [1.165, 1.54) is 12.1 Å². The van der Waals surface area contributed by atoms with Gasteiger partial charge in [-0.2, -0.15) is 0 Å². The van der Waals surface area contributed by atoms with Crippen molar-refractivity contribution in [3.8, 4) is 5.75 Å². The number of benzene rings is 2. The quantitative estimate of drug-likeness (QED) is 0.783. The van der Waals surface area contributed by atoms with Gasteiger partial charge in [0.05, 0.1) is 17.8 Å². The molecule has 1 unspecified atom stereocenters. The SMILES string of the molecule is CC(C)Oc1ccc(NC(=O)NC(C)c2ccc(Cl)cc2)c(F)c1. The average Bonchev–Trinajstić information content (AvgIpc) is 2.50. The Morgan fingerprint density at radius 2 is 1.79 bits per heavy atom. The Morgan fingerprint density at radius 3 is 2.38 bits per heavy atom. The van der Waals surface area contributed by atoms with Crippen LogP contribution in [-0.4, -0.2) is 12.1 Å². The minimum Gasteiger partial charge on any atom is -0.491 e. The van der Waals surface area contributed by atoms with Crippen LogP contribution in [0, 0.1) is 5.82 Å². The van der Waals surface area contributed by atoms with Crippen LogP contribution < -0.4 is 15.4 Å². The summed E-state index contributed by atoms with van der Waals surface area (Å²) in [7, 11) is 0. The van der Waals surface area contributed by atoms with Crippen LogP contribution in [0.2, 0.25) is 5.02 Å². The van der Waals surface area contributed by atoms with Gasteiger partial charge in [0.1, 0.15) is 11.6 Å². The van der Waals surface area contributed by atoms with Crippen molar-refractivity contribution < 1.29 is 13.9 Å². The molecule has 128 valence electrons. The number of amides is 2. The molecule has 0 aliphatic heterocycles. The number of rotatable bonds is 5. The molecular weight excluding hydrogens is 331 g/mol. The third-order valence-corrected chi connectivity index (χ3v) is 3.53. The predicted molar refractivity (Wildman–Crippen MR) is 94.2 cm³/mol. The summed E-state index contributed by atoms with van der Waals surface area (Å²) in [6.45, 7) is 5.55. The zero-order valence-corrected chi connectivity index (χ0v) is 14.5. The molecule has 0 heterocycles. The maximum absolute atomic E-state index is 14.0. The largest absolute Gasteiger partial charge is 0.491 e. The third kappa shape index (κ3) is 5.13. The molecule has 2 rings (SSSR count). The van der Waals surface area contributed by atoms with Gasteiger partial charge in [-0.05, 0) is 50.6 Å². The van der Waals surface area contributed by atoms with E-state index in [0.717, 1.165) is 5.56 Å². The summed E-state index contributed by atoms with van der Waals surface area (Å²) in [6.07, 6.45) is -0.0493. The number of carbonyl (C=O) groups excluding carboxylic acids is 1. The molecule has 0 spiro atoms. The van der Waals surface area contributed by atoms with Crippen LogP contribution in [0.1, 0.15) is 32.4 Å². The van der Waals surface area contributed by atoms with Crippen LogP contribution in [-0.2, 0) is 0 Å². The van der Waals surface area contributed by atoms with Gasteiger partial charge in [-0.3, -0.25) is 0 Å². The van der Waals surface area contributed by atoms with Gasteiger partial charge in [0, 0.05) is 11.1 Å². The lowest BCUT2D eigenvalue weighted by Crippen LogP contribution is -2.31. The lowest BCUT2D eigenvalue weighted by molar-refractivity contribution is 0.241. The minimum atomic E-state index is -0.553. The highest BCUT2D eigenvalue weighted by molar-refractivity contribution is 6.30. The Hall–Kier alpha value is -2.27. The number of urea groups is 1. The van der Waals surface area contributed by atoms with Gasteiger partial charge >= 0.3 is 6.03 Å². The van der Waals surface area contributed by atoms with Gasteiger partial charge in [-0.25, -0.2) is 9.18 Å². The van der Waals surface area contributed by atoms with E-state index in [1.54, 1.807) is 18.2 Å². The Balaban J connectivity index is 1.97. The molecule has 6 heteroatoms. The molecule has 0 aromatic heterocycles. The zero-order chi connectivity index (χ0) is 17.7. The van der Waals surface area contributed by atoms with Crippen LogP contribution >= 0.6 is 11.6 Å². The summed E-state index contributed by atoms with van der Waals surface area (Å²) in [6, 6.07) is 10.7. The highest BCUT2D eigenvalue weighted by Crippen LogP contribution is 2.22. The number of hydrogen-bond donors (Lipinski definition) is 2. The summed E-state index contributed by atoms with van der Waals surface area (Å²) in [5, 5.41) is 5.87. The van der Waals surface area contributed by atoms with Crippen molar-refractivity contribution in [2.45, 2.75) is 32.9 Å². The van der Waals surface area contributed by atoms with E-state index < -0.39 is 11.8 Å². The number of hydrogen-bond acceptors (Lipinski definition) is 2. The first kappa shape index (κ1) is 18.1. The van der Waals surface area contributed by atoms with E-state index in [9.17, 15) is 9.18 Å². The summed E-state index contributed by atoms with van der Waals surface area (Å²) in [5.41, 5.74) is 0.989. The van der Waals surface area contributed by atoms with E-state index in [1.807, 2.05) is 32.9 Å². The number of carbonyl (C=O) groups is 1. The fourth-order valence-corrected chi connectivity index (χ4v) is 2.26. The van der Waals surface area contributed by atoms with Gasteiger partial charge in [-0.1, -0.05) is 23.7 Å². The molecule has 0 radical (unpaired) electrons. The van der Waals surface area contributed by atoms with Crippen molar-refractivity contribution in [3.05, 3.63) is 58.9 Å². The van der Waals surface area contributed by atoms with E-state index in [0.29, 0.717) is 10.8 Å². The average molecular weight is 351 g/mol. The first-order chi connectivity index (χ1) is 11.3. The number of ether oxygens (including phenoxy) is 1. The Labute approximate surface area is 146 Å². The maximum Gasteiger partial charge on any atom is 0.319 e.